The van der Waals surface area contributed by atoms with Crippen LogP contribution in [0.4, 0.5) is 0 Å². The molecule has 1 rings (SSSR count). The van der Waals surface area contributed by atoms with E-state index < -0.39 is 0 Å². The molecule has 2 amide bonds. The summed E-state index contributed by atoms with van der Waals surface area (Å²) in [6.07, 6.45) is 3.63. The Kier molecular flexibility index (Phi) is 5.10. The van der Waals surface area contributed by atoms with Crippen LogP contribution in [-0.4, -0.2) is 42.9 Å². The Labute approximate surface area is 90.0 Å². The minimum Gasteiger partial charge on any atom is -0.347 e. The number of nitrogens with one attached hydrogen (secondary N) is 1. The van der Waals surface area contributed by atoms with Crippen LogP contribution in [0.2, 0.25) is 0 Å². The van der Waals surface area contributed by atoms with Crippen molar-refractivity contribution in [2.24, 2.45) is 5.73 Å². The second-order valence-corrected chi connectivity index (χ2v) is 3.76. The molecule has 0 unspecified atom stereocenters. The van der Waals surface area contributed by atoms with Gasteiger partial charge in [0.15, 0.2) is 0 Å². The Bertz CT molecular complexity index is 225. The van der Waals surface area contributed by atoms with E-state index in [1.165, 1.54) is 6.42 Å². The van der Waals surface area contributed by atoms with E-state index in [0.29, 0.717) is 6.54 Å². The van der Waals surface area contributed by atoms with Gasteiger partial charge in [0.1, 0.15) is 0 Å². The van der Waals surface area contributed by atoms with E-state index in [-0.39, 0.29) is 24.8 Å². The van der Waals surface area contributed by atoms with Crippen molar-refractivity contribution in [2.75, 3.05) is 26.2 Å². The Balaban J connectivity index is 2.19. The number of amides is 2. The van der Waals surface area contributed by atoms with E-state index in [9.17, 15) is 9.59 Å². The Morgan fingerprint density at radius 1 is 1.20 bits per heavy atom. The number of carbonyl (C=O) groups is 2. The molecule has 0 bridgehead atoms. The molecule has 1 fully saturated rings. The summed E-state index contributed by atoms with van der Waals surface area (Å²) in [5.41, 5.74) is 5.22. The van der Waals surface area contributed by atoms with Crippen molar-refractivity contribution in [2.45, 2.75) is 25.7 Å². The van der Waals surface area contributed by atoms with Gasteiger partial charge in [-0.2, -0.15) is 0 Å². The molecule has 15 heavy (non-hydrogen) atoms. The van der Waals surface area contributed by atoms with Gasteiger partial charge in [0, 0.05) is 26.1 Å². The van der Waals surface area contributed by atoms with Crippen molar-refractivity contribution in [3.05, 3.63) is 0 Å². The van der Waals surface area contributed by atoms with Crippen LogP contribution in [0.1, 0.15) is 25.7 Å². The van der Waals surface area contributed by atoms with E-state index in [4.69, 9.17) is 5.73 Å². The zero-order valence-electron chi connectivity index (χ0n) is 9.00. The van der Waals surface area contributed by atoms with Crippen LogP contribution in [0.3, 0.4) is 0 Å². The summed E-state index contributed by atoms with van der Waals surface area (Å²) in [7, 11) is 0. The number of piperidine rings is 1. The number of rotatable bonds is 4. The lowest BCUT2D eigenvalue weighted by molar-refractivity contribution is -0.133. The van der Waals surface area contributed by atoms with E-state index >= 15 is 0 Å². The van der Waals surface area contributed by atoms with E-state index in [2.05, 4.69) is 5.32 Å². The van der Waals surface area contributed by atoms with Crippen molar-refractivity contribution in [1.29, 1.82) is 0 Å². The number of likely N-dealkylation sites (tertiary alicyclic amines) is 1. The summed E-state index contributed by atoms with van der Waals surface area (Å²) in [6.45, 7) is 2.08. The van der Waals surface area contributed by atoms with Gasteiger partial charge in [-0.3, -0.25) is 9.59 Å². The minimum absolute atomic E-state index is 0.0140. The molecule has 0 radical (unpaired) electrons. The monoisotopic (exact) mass is 213 g/mol. The highest BCUT2D eigenvalue weighted by atomic mass is 16.2. The highest BCUT2D eigenvalue weighted by Gasteiger charge is 2.16. The van der Waals surface area contributed by atoms with Gasteiger partial charge in [0.2, 0.25) is 11.8 Å². The summed E-state index contributed by atoms with van der Waals surface area (Å²) < 4.78 is 0. The first kappa shape index (κ1) is 12.0. The molecule has 3 N–H and O–H groups in total. The summed E-state index contributed by atoms with van der Waals surface area (Å²) in [4.78, 5) is 24.5. The van der Waals surface area contributed by atoms with Crippen molar-refractivity contribution in [3.8, 4) is 0 Å². The third kappa shape index (κ3) is 4.29. The van der Waals surface area contributed by atoms with Gasteiger partial charge < -0.3 is 16.0 Å². The fourth-order valence-corrected chi connectivity index (χ4v) is 1.65. The number of nitrogens with zero attached hydrogens (tertiary/aromatic N) is 1. The number of hydrogen-bond donors (Lipinski definition) is 2. The molecule has 86 valence electrons. The van der Waals surface area contributed by atoms with Crippen LogP contribution in [0.15, 0.2) is 0 Å². The molecule has 0 aromatic carbocycles. The Hall–Kier alpha value is -1.10. The summed E-state index contributed by atoms with van der Waals surface area (Å²) in [5, 5.41) is 2.57. The lowest BCUT2D eigenvalue weighted by Crippen LogP contribution is -2.42. The molecule has 0 saturated carbocycles. The molecule has 0 aromatic rings. The molecular formula is C10H19N3O2. The maximum atomic E-state index is 11.6. The second kappa shape index (κ2) is 6.40. The summed E-state index contributed by atoms with van der Waals surface area (Å²) >= 11 is 0. The fraction of sp³-hybridized carbons (Fsp3) is 0.800. The molecule has 0 aliphatic carbocycles. The highest BCUT2D eigenvalue weighted by Crippen LogP contribution is 2.08. The third-order valence-corrected chi connectivity index (χ3v) is 2.52. The normalized spacial score (nSPS) is 16.2. The minimum atomic E-state index is -0.150. The average Bonchev–Trinajstić information content (AvgIpc) is 2.27. The van der Waals surface area contributed by atoms with Crippen LogP contribution >= 0.6 is 0 Å². The lowest BCUT2D eigenvalue weighted by atomic mass is 10.1. The quantitative estimate of drug-likeness (QED) is 0.659. The topological polar surface area (TPSA) is 75.4 Å². The van der Waals surface area contributed by atoms with Crippen molar-refractivity contribution < 1.29 is 9.59 Å². The smallest absolute Gasteiger partial charge is 0.241 e. The van der Waals surface area contributed by atoms with Crippen molar-refractivity contribution in [1.82, 2.24) is 10.2 Å². The summed E-state index contributed by atoms with van der Waals surface area (Å²) in [5.74, 6) is -0.136. The van der Waals surface area contributed by atoms with Crippen molar-refractivity contribution in [3.63, 3.8) is 0 Å². The largest absolute Gasteiger partial charge is 0.347 e. The number of hydrogen-bond acceptors (Lipinski definition) is 3. The SMILES string of the molecule is NCCC(=O)NCC(=O)N1CCCCC1. The van der Waals surface area contributed by atoms with Gasteiger partial charge in [-0.25, -0.2) is 0 Å². The maximum absolute atomic E-state index is 11.6. The van der Waals surface area contributed by atoms with Crippen LogP contribution in [0.25, 0.3) is 0 Å². The van der Waals surface area contributed by atoms with Crippen LogP contribution < -0.4 is 11.1 Å². The first-order valence-electron chi connectivity index (χ1n) is 5.48. The van der Waals surface area contributed by atoms with E-state index in [1.807, 2.05) is 4.90 Å². The van der Waals surface area contributed by atoms with Gasteiger partial charge >= 0.3 is 0 Å². The van der Waals surface area contributed by atoms with Crippen LogP contribution in [0, 0.1) is 0 Å². The predicted octanol–water partition coefficient (Wildman–Crippen LogP) is -0.536. The first-order valence-corrected chi connectivity index (χ1v) is 5.48. The van der Waals surface area contributed by atoms with E-state index in [1.54, 1.807) is 0 Å². The van der Waals surface area contributed by atoms with Crippen LogP contribution in [-0.2, 0) is 9.59 Å². The molecular weight excluding hydrogens is 194 g/mol. The highest BCUT2D eigenvalue weighted by molar-refractivity contribution is 5.84. The molecule has 1 aliphatic rings. The molecule has 1 aliphatic heterocycles. The molecule has 0 aromatic heterocycles. The first-order chi connectivity index (χ1) is 7.24. The fourth-order valence-electron chi connectivity index (χ4n) is 1.65. The molecule has 5 nitrogen and oxygen atoms in total. The van der Waals surface area contributed by atoms with Crippen LogP contribution in [0.5, 0.6) is 0 Å². The van der Waals surface area contributed by atoms with Crippen molar-refractivity contribution >= 4 is 11.8 Å². The summed E-state index contributed by atoms with van der Waals surface area (Å²) in [6, 6.07) is 0. The second-order valence-electron chi connectivity index (χ2n) is 3.76. The Morgan fingerprint density at radius 2 is 1.87 bits per heavy atom. The maximum Gasteiger partial charge on any atom is 0.241 e. The third-order valence-electron chi connectivity index (χ3n) is 2.52. The molecule has 0 atom stereocenters. The van der Waals surface area contributed by atoms with Gasteiger partial charge in [-0.15, -0.1) is 0 Å². The number of nitrogens with two attached hydrogens (primary N) is 1. The average molecular weight is 213 g/mol. The van der Waals surface area contributed by atoms with Gasteiger partial charge in [-0.05, 0) is 19.3 Å². The molecule has 0 spiro atoms. The zero-order chi connectivity index (χ0) is 11.1. The molecule has 1 heterocycles. The van der Waals surface area contributed by atoms with Gasteiger partial charge in [0.25, 0.3) is 0 Å². The molecule has 5 heteroatoms. The van der Waals surface area contributed by atoms with Gasteiger partial charge in [0.05, 0.1) is 6.54 Å². The Morgan fingerprint density at radius 3 is 2.47 bits per heavy atom. The molecule has 1 saturated heterocycles. The van der Waals surface area contributed by atoms with E-state index in [0.717, 1.165) is 25.9 Å². The van der Waals surface area contributed by atoms with Gasteiger partial charge in [-0.1, -0.05) is 0 Å². The lowest BCUT2D eigenvalue weighted by Gasteiger charge is -2.26. The predicted molar refractivity (Wildman–Crippen MR) is 57.1 cm³/mol. The zero-order valence-corrected chi connectivity index (χ0v) is 9.00. The standard InChI is InChI=1S/C10H19N3O2/c11-5-4-9(14)12-8-10(15)13-6-2-1-3-7-13/h1-8,11H2,(H,12,14). The number of carbonyl (C=O) groups excluding carboxylic acids is 2.